The number of aromatic nitrogens is 1. The van der Waals surface area contributed by atoms with Crippen molar-refractivity contribution >= 4 is 11.8 Å². The van der Waals surface area contributed by atoms with E-state index in [-0.39, 0.29) is 11.8 Å². The maximum atomic E-state index is 13.7. The topological polar surface area (TPSA) is 67.5 Å². The lowest BCUT2D eigenvalue weighted by Crippen LogP contribution is -2.64. The van der Waals surface area contributed by atoms with Gasteiger partial charge >= 0.3 is 0 Å². The number of furan rings is 1. The lowest BCUT2D eigenvalue weighted by molar-refractivity contribution is -0.133. The van der Waals surface area contributed by atoms with Crippen LogP contribution in [-0.2, 0) is 17.9 Å². The molecule has 0 saturated carbocycles. The van der Waals surface area contributed by atoms with Crippen molar-refractivity contribution in [1.82, 2.24) is 14.8 Å². The Morgan fingerprint density at radius 3 is 2.62 bits per heavy atom. The van der Waals surface area contributed by atoms with Crippen LogP contribution in [0.2, 0.25) is 0 Å². The first-order chi connectivity index (χ1) is 16.6. The fraction of sp³-hybridized carbons (Fsp3) is 0.357. The lowest BCUT2D eigenvalue weighted by Gasteiger charge is -2.44. The second-order valence-corrected chi connectivity index (χ2v) is 9.42. The van der Waals surface area contributed by atoms with E-state index in [1.807, 2.05) is 66.1 Å². The van der Waals surface area contributed by atoms with Crippen LogP contribution >= 0.6 is 0 Å². The molecule has 0 unspecified atom stereocenters. The number of fused-ring (bicyclic) bond motifs is 1. The van der Waals surface area contributed by atoms with Crippen LogP contribution in [0.3, 0.4) is 0 Å². The number of allylic oxidation sites excluding steroid dienone is 1. The van der Waals surface area contributed by atoms with E-state index < -0.39 is 5.54 Å². The molecule has 1 aliphatic heterocycles. The van der Waals surface area contributed by atoms with Crippen LogP contribution in [0.4, 0.5) is 0 Å². The molecule has 176 valence electrons. The minimum atomic E-state index is -1.02. The summed E-state index contributed by atoms with van der Waals surface area (Å²) in [7, 11) is 0. The van der Waals surface area contributed by atoms with E-state index in [0.29, 0.717) is 31.1 Å². The normalized spacial score (nSPS) is 20.1. The third-order valence-electron chi connectivity index (χ3n) is 7.11. The van der Waals surface area contributed by atoms with Gasteiger partial charge < -0.3 is 19.2 Å². The molecular formula is C28H31N3O3. The number of hydrogen-bond donors (Lipinski definition) is 1. The fourth-order valence-corrected chi connectivity index (χ4v) is 5.12. The standard InChI is InChI=1S/C28H31N3O3/c1-28(27(33)29-19-22-11-6-3-7-12-22)20-30-23(25-13-8-18-34-25)14-15-24(30)26(32)31(28)17-16-21-9-4-2-5-10-21/h3,6-9,11-15,18H,2,4-5,10,16-17,19-20H2,1H3,(H,29,33)/t28-/m0/s1. The molecule has 1 aromatic carbocycles. The molecule has 2 aliphatic rings. The van der Waals surface area contributed by atoms with E-state index in [1.165, 1.54) is 18.4 Å². The van der Waals surface area contributed by atoms with E-state index in [0.717, 1.165) is 30.5 Å². The van der Waals surface area contributed by atoms with Crippen molar-refractivity contribution in [1.29, 1.82) is 0 Å². The molecule has 0 spiro atoms. The van der Waals surface area contributed by atoms with Gasteiger partial charge in [-0.25, -0.2) is 0 Å². The molecule has 3 aromatic rings. The summed E-state index contributed by atoms with van der Waals surface area (Å²) in [5.41, 5.74) is 2.80. The van der Waals surface area contributed by atoms with Gasteiger partial charge in [0, 0.05) is 13.1 Å². The summed E-state index contributed by atoms with van der Waals surface area (Å²) in [6, 6.07) is 17.3. The number of nitrogens with zero attached hydrogens (tertiary/aromatic N) is 2. The van der Waals surface area contributed by atoms with Gasteiger partial charge in [-0.2, -0.15) is 0 Å². The second-order valence-electron chi connectivity index (χ2n) is 9.42. The summed E-state index contributed by atoms with van der Waals surface area (Å²) in [4.78, 5) is 29.2. The average molecular weight is 458 g/mol. The van der Waals surface area contributed by atoms with Crippen LogP contribution in [0.25, 0.3) is 11.5 Å². The molecule has 1 atom stereocenters. The van der Waals surface area contributed by atoms with E-state index in [4.69, 9.17) is 4.42 Å². The predicted molar refractivity (Wildman–Crippen MR) is 131 cm³/mol. The molecule has 2 aromatic heterocycles. The Morgan fingerprint density at radius 2 is 1.88 bits per heavy atom. The van der Waals surface area contributed by atoms with Crippen molar-refractivity contribution in [2.45, 2.75) is 57.7 Å². The Kier molecular flexibility index (Phi) is 6.14. The summed E-state index contributed by atoms with van der Waals surface area (Å²) in [5.74, 6) is 0.428. The first kappa shape index (κ1) is 22.3. The first-order valence-corrected chi connectivity index (χ1v) is 12.1. The molecule has 0 fully saturated rings. The van der Waals surface area contributed by atoms with E-state index in [1.54, 1.807) is 11.2 Å². The third kappa shape index (κ3) is 4.20. The molecule has 6 nitrogen and oxygen atoms in total. The molecule has 0 saturated heterocycles. The summed E-state index contributed by atoms with van der Waals surface area (Å²) < 4.78 is 7.54. The van der Waals surface area contributed by atoms with Gasteiger partial charge in [0.1, 0.15) is 17.0 Å². The van der Waals surface area contributed by atoms with Crippen molar-refractivity contribution in [3.8, 4) is 11.5 Å². The minimum absolute atomic E-state index is 0.113. The van der Waals surface area contributed by atoms with Crippen molar-refractivity contribution < 1.29 is 14.0 Å². The summed E-state index contributed by atoms with van der Waals surface area (Å²) >= 11 is 0. The lowest BCUT2D eigenvalue weighted by atomic mass is 9.92. The predicted octanol–water partition coefficient (Wildman–Crippen LogP) is 5.17. The highest BCUT2D eigenvalue weighted by molar-refractivity contribution is 6.00. The van der Waals surface area contributed by atoms with Crippen LogP contribution in [0.5, 0.6) is 0 Å². The number of benzene rings is 1. The van der Waals surface area contributed by atoms with Crippen LogP contribution in [0.1, 0.15) is 55.1 Å². The van der Waals surface area contributed by atoms with Crippen LogP contribution in [0, 0.1) is 0 Å². The Bertz CT molecular complexity index is 1190. The molecule has 1 aliphatic carbocycles. The largest absolute Gasteiger partial charge is 0.463 e. The smallest absolute Gasteiger partial charge is 0.271 e. The molecule has 0 bridgehead atoms. The number of hydrogen-bond acceptors (Lipinski definition) is 3. The Balaban J connectivity index is 1.45. The molecule has 0 radical (unpaired) electrons. The maximum Gasteiger partial charge on any atom is 0.271 e. The van der Waals surface area contributed by atoms with Gasteiger partial charge in [0.25, 0.3) is 5.91 Å². The Morgan fingerprint density at radius 1 is 1.06 bits per heavy atom. The molecule has 2 amide bonds. The second kappa shape index (κ2) is 9.37. The number of nitrogens with one attached hydrogen (secondary N) is 1. The van der Waals surface area contributed by atoms with E-state index in [2.05, 4.69) is 11.4 Å². The van der Waals surface area contributed by atoms with Crippen molar-refractivity contribution in [2.24, 2.45) is 0 Å². The zero-order valence-electron chi connectivity index (χ0n) is 19.6. The van der Waals surface area contributed by atoms with Gasteiger partial charge in [-0.1, -0.05) is 42.0 Å². The average Bonchev–Trinajstić information content (AvgIpc) is 3.53. The maximum absolute atomic E-state index is 13.7. The molecule has 5 rings (SSSR count). The highest BCUT2D eigenvalue weighted by Gasteiger charge is 2.47. The van der Waals surface area contributed by atoms with Gasteiger partial charge in [-0.15, -0.1) is 0 Å². The van der Waals surface area contributed by atoms with E-state index >= 15 is 0 Å². The van der Waals surface area contributed by atoms with Gasteiger partial charge in [0.15, 0.2) is 0 Å². The van der Waals surface area contributed by atoms with Gasteiger partial charge in [0.05, 0.1) is 18.5 Å². The third-order valence-corrected chi connectivity index (χ3v) is 7.11. The van der Waals surface area contributed by atoms with Crippen LogP contribution < -0.4 is 5.32 Å². The Labute approximate surface area is 200 Å². The molecule has 34 heavy (non-hydrogen) atoms. The Hall–Kier alpha value is -3.54. The molecular weight excluding hydrogens is 426 g/mol. The molecule has 6 heteroatoms. The van der Waals surface area contributed by atoms with Crippen molar-refractivity contribution in [3.05, 3.63) is 83.8 Å². The van der Waals surface area contributed by atoms with Gasteiger partial charge in [-0.3, -0.25) is 9.59 Å². The SMILES string of the molecule is C[C@@]1(C(=O)NCc2ccccc2)Cn2c(ccc2-c2ccco2)C(=O)N1CCC1=CCCCC1. The summed E-state index contributed by atoms with van der Waals surface area (Å²) in [6.45, 7) is 3.21. The number of amides is 2. The fourth-order valence-electron chi connectivity index (χ4n) is 5.12. The van der Waals surface area contributed by atoms with Gasteiger partial charge in [-0.05, 0) is 68.9 Å². The summed E-state index contributed by atoms with van der Waals surface area (Å²) in [6.07, 6.45) is 9.35. The van der Waals surface area contributed by atoms with Gasteiger partial charge in [0.2, 0.25) is 5.91 Å². The molecule has 1 N–H and O–H groups in total. The number of carbonyl (C=O) groups is 2. The van der Waals surface area contributed by atoms with E-state index in [9.17, 15) is 9.59 Å². The van der Waals surface area contributed by atoms with Crippen molar-refractivity contribution in [3.63, 3.8) is 0 Å². The minimum Gasteiger partial charge on any atom is -0.463 e. The number of rotatable bonds is 7. The first-order valence-electron chi connectivity index (χ1n) is 12.1. The highest BCUT2D eigenvalue weighted by Crippen LogP contribution is 2.34. The van der Waals surface area contributed by atoms with Crippen LogP contribution in [-0.4, -0.2) is 33.4 Å². The number of carbonyl (C=O) groups excluding carboxylic acids is 2. The highest BCUT2D eigenvalue weighted by atomic mass is 16.3. The zero-order valence-corrected chi connectivity index (χ0v) is 19.6. The van der Waals surface area contributed by atoms with Crippen LogP contribution in [0.15, 0.2) is 76.9 Å². The zero-order chi connectivity index (χ0) is 23.5. The monoisotopic (exact) mass is 457 g/mol. The molecule has 3 heterocycles. The summed E-state index contributed by atoms with van der Waals surface area (Å²) in [5, 5.41) is 3.09. The quantitative estimate of drug-likeness (QED) is 0.498. The van der Waals surface area contributed by atoms with Crippen molar-refractivity contribution in [2.75, 3.05) is 6.54 Å².